The van der Waals surface area contributed by atoms with Crippen LogP contribution in [0.25, 0.3) is 0 Å². The first kappa shape index (κ1) is 17.0. The first-order valence-electron chi connectivity index (χ1n) is 9.26. The number of hydrogen-bond donors (Lipinski definition) is 0. The van der Waals surface area contributed by atoms with Crippen molar-refractivity contribution < 1.29 is 14.4 Å². The summed E-state index contributed by atoms with van der Waals surface area (Å²) >= 11 is 0. The fourth-order valence-corrected chi connectivity index (χ4v) is 3.76. The van der Waals surface area contributed by atoms with E-state index in [4.69, 9.17) is 4.84 Å². The maximum Gasteiger partial charge on any atom is 0.271 e. The molecule has 1 aliphatic carbocycles. The van der Waals surface area contributed by atoms with Gasteiger partial charge in [-0.2, -0.15) is 0 Å². The zero-order valence-corrected chi connectivity index (χ0v) is 15.1. The molecule has 7 heteroatoms. The molecule has 1 atom stereocenters. The number of pyridine rings is 1. The second-order valence-electron chi connectivity index (χ2n) is 7.61. The minimum Gasteiger partial charge on any atom is -0.386 e. The number of nitrogens with zero attached hydrogens (tertiary/aromatic N) is 4. The first-order chi connectivity index (χ1) is 12.6. The number of carbonyl (C=O) groups is 2. The summed E-state index contributed by atoms with van der Waals surface area (Å²) in [6, 6.07) is 5.64. The van der Waals surface area contributed by atoms with Crippen molar-refractivity contribution >= 4 is 17.5 Å². The highest BCUT2D eigenvalue weighted by Crippen LogP contribution is 2.37. The summed E-state index contributed by atoms with van der Waals surface area (Å²) in [5.74, 6) is 0.302. The molecule has 2 aliphatic heterocycles. The van der Waals surface area contributed by atoms with Gasteiger partial charge in [-0.15, -0.1) is 0 Å². The third kappa shape index (κ3) is 3.43. The van der Waals surface area contributed by atoms with Gasteiger partial charge in [0.2, 0.25) is 5.91 Å². The topological polar surface area (TPSA) is 75.1 Å². The van der Waals surface area contributed by atoms with Crippen LogP contribution in [0, 0.1) is 5.92 Å². The van der Waals surface area contributed by atoms with Crippen LogP contribution >= 0.6 is 0 Å². The molecule has 0 radical (unpaired) electrons. The van der Waals surface area contributed by atoms with Crippen molar-refractivity contribution in [2.75, 3.05) is 20.1 Å². The molecule has 2 amide bonds. The Morgan fingerprint density at radius 1 is 1.38 bits per heavy atom. The molecule has 138 valence electrons. The van der Waals surface area contributed by atoms with Gasteiger partial charge in [0.25, 0.3) is 5.91 Å². The Labute approximate surface area is 153 Å². The predicted octanol–water partition coefficient (Wildman–Crippen LogP) is 1.59. The van der Waals surface area contributed by atoms with E-state index in [1.165, 1.54) is 0 Å². The summed E-state index contributed by atoms with van der Waals surface area (Å²) in [6.07, 6.45) is 5.90. The minimum atomic E-state index is -0.528. The summed E-state index contributed by atoms with van der Waals surface area (Å²) in [6.45, 7) is 1.74. The molecular formula is C19H24N4O3. The molecule has 0 N–H and O–H groups in total. The zero-order valence-electron chi connectivity index (χ0n) is 15.1. The number of hydrogen-bond acceptors (Lipinski definition) is 5. The van der Waals surface area contributed by atoms with E-state index < -0.39 is 5.60 Å². The van der Waals surface area contributed by atoms with Crippen LogP contribution in [0.5, 0.6) is 0 Å². The molecule has 3 aliphatic rings. The van der Waals surface area contributed by atoms with Crippen molar-refractivity contribution in [3.8, 4) is 0 Å². The molecule has 1 unspecified atom stereocenters. The average molecular weight is 356 g/mol. The van der Waals surface area contributed by atoms with Gasteiger partial charge in [-0.05, 0) is 37.8 Å². The highest BCUT2D eigenvalue weighted by Gasteiger charge is 2.47. The molecule has 26 heavy (non-hydrogen) atoms. The minimum absolute atomic E-state index is 0.141. The lowest BCUT2D eigenvalue weighted by atomic mass is 9.87. The number of piperidine rings is 1. The Kier molecular flexibility index (Phi) is 4.38. The van der Waals surface area contributed by atoms with Crippen molar-refractivity contribution in [2.24, 2.45) is 11.1 Å². The van der Waals surface area contributed by atoms with Crippen molar-refractivity contribution in [1.82, 2.24) is 14.8 Å². The van der Waals surface area contributed by atoms with E-state index in [0.717, 1.165) is 37.9 Å². The largest absolute Gasteiger partial charge is 0.386 e. The Bertz CT molecular complexity index is 732. The van der Waals surface area contributed by atoms with Gasteiger partial charge in [0.1, 0.15) is 5.71 Å². The second-order valence-corrected chi connectivity index (χ2v) is 7.61. The van der Waals surface area contributed by atoms with E-state index in [2.05, 4.69) is 10.1 Å². The number of aromatic nitrogens is 1. The zero-order chi connectivity index (χ0) is 18.1. The van der Waals surface area contributed by atoms with Gasteiger partial charge in [-0.1, -0.05) is 11.2 Å². The summed E-state index contributed by atoms with van der Waals surface area (Å²) in [5.41, 5.74) is 0.736. The summed E-state index contributed by atoms with van der Waals surface area (Å²) in [7, 11) is 1.74. The molecule has 2 fully saturated rings. The molecule has 1 saturated carbocycles. The number of amides is 2. The molecule has 1 aromatic rings. The first-order valence-corrected chi connectivity index (χ1v) is 9.26. The predicted molar refractivity (Wildman–Crippen MR) is 95.1 cm³/mol. The van der Waals surface area contributed by atoms with Gasteiger partial charge in [0.15, 0.2) is 5.60 Å². The Balaban J connectivity index is 1.37. The van der Waals surface area contributed by atoms with Crippen molar-refractivity contribution in [2.45, 2.75) is 44.2 Å². The standard InChI is InChI=1S/C19H24N4O3/c1-22(12-15-5-2-3-9-20-15)18(25)16-11-19(26-21-16)8-4-10-23(13-19)17(24)14-6-7-14/h2-3,5,9,14H,4,6-8,10-13H2,1H3. The Morgan fingerprint density at radius 3 is 2.96 bits per heavy atom. The van der Waals surface area contributed by atoms with E-state index in [-0.39, 0.29) is 17.7 Å². The van der Waals surface area contributed by atoms with Gasteiger partial charge in [0, 0.05) is 32.1 Å². The third-order valence-electron chi connectivity index (χ3n) is 5.34. The molecular weight excluding hydrogens is 332 g/mol. The monoisotopic (exact) mass is 356 g/mol. The Hall–Kier alpha value is -2.44. The summed E-state index contributed by atoms with van der Waals surface area (Å²) in [5, 5.41) is 4.10. The molecule has 4 rings (SSSR count). The number of carbonyl (C=O) groups excluding carboxylic acids is 2. The van der Waals surface area contributed by atoms with E-state index in [1.807, 2.05) is 23.1 Å². The summed E-state index contributed by atoms with van der Waals surface area (Å²) in [4.78, 5) is 38.6. The van der Waals surface area contributed by atoms with Gasteiger partial charge in [-0.25, -0.2) is 0 Å². The lowest BCUT2D eigenvalue weighted by Crippen LogP contribution is -2.51. The lowest BCUT2D eigenvalue weighted by molar-refractivity contribution is -0.141. The van der Waals surface area contributed by atoms with Gasteiger partial charge >= 0.3 is 0 Å². The Morgan fingerprint density at radius 2 is 2.23 bits per heavy atom. The normalized spacial score (nSPS) is 25.0. The molecule has 1 saturated heterocycles. The summed E-state index contributed by atoms with van der Waals surface area (Å²) < 4.78 is 0. The molecule has 7 nitrogen and oxygen atoms in total. The van der Waals surface area contributed by atoms with Crippen molar-refractivity contribution in [1.29, 1.82) is 0 Å². The van der Waals surface area contributed by atoms with Crippen LogP contribution < -0.4 is 0 Å². The fourth-order valence-electron chi connectivity index (χ4n) is 3.76. The average Bonchev–Trinajstić information content (AvgIpc) is 3.44. The third-order valence-corrected chi connectivity index (χ3v) is 5.34. The van der Waals surface area contributed by atoms with Gasteiger partial charge < -0.3 is 14.6 Å². The number of rotatable bonds is 4. The van der Waals surface area contributed by atoms with Crippen LogP contribution in [0.4, 0.5) is 0 Å². The molecule has 0 aromatic carbocycles. The van der Waals surface area contributed by atoms with Crippen LogP contribution in [0.15, 0.2) is 29.6 Å². The van der Waals surface area contributed by atoms with Gasteiger partial charge in [0.05, 0.1) is 18.8 Å². The highest BCUT2D eigenvalue weighted by atomic mass is 16.7. The maximum atomic E-state index is 12.7. The lowest BCUT2D eigenvalue weighted by Gasteiger charge is -2.38. The number of likely N-dealkylation sites (tertiary alicyclic amines) is 1. The molecule has 0 bridgehead atoms. The van der Waals surface area contributed by atoms with Crippen LogP contribution in [-0.4, -0.2) is 58.0 Å². The van der Waals surface area contributed by atoms with Gasteiger partial charge in [-0.3, -0.25) is 14.6 Å². The van der Waals surface area contributed by atoms with E-state index in [0.29, 0.717) is 25.2 Å². The molecule has 1 aromatic heterocycles. The van der Waals surface area contributed by atoms with Crippen molar-refractivity contribution in [3.63, 3.8) is 0 Å². The van der Waals surface area contributed by atoms with E-state index >= 15 is 0 Å². The van der Waals surface area contributed by atoms with Crippen LogP contribution in [0.1, 0.15) is 37.8 Å². The van der Waals surface area contributed by atoms with E-state index in [9.17, 15) is 9.59 Å². The smallest absolute Gasteiger partial charge is 0.271 e. The SMILES string of the molecule is CN(Cc1ccccn1)C(=O)C1=NOC2(CCCN(C(=O)C3CC3)C2)C1. The quantitative estimate of drug-likeness (QED) is 0.821. The van der Waals surface area contributed by atoms with Crippen LogP contribution in [-0.2, 0) is 21.0 Å². The molecule has 1 spiro atoms. The molecule has 3 heterocycles. The highest BCUT2D eigenvalue weighted by molar-refractivity contribution is 6.39. The maximum absolute atomic E-state index is 12.7. The fraction of sp³-hybridized carbons (Fsp3) is 0.579. The second kappa shape index (κ2) is 6.70. The van der Waals surface area contributed by atoms with Crippen LogP contribution in [0.3, 0.4) is 0 Å². The van der Waals surface area contributed by atoms with E-state index in [1.54, 1.807) is 18.1 Å². The van der Waals surface area contributed by atoms with Crippen LogP contribution in [0.2, 0.25) is 0 Å². The van der Waals surface area contributed by atoms with Crippen molar-refractivity contribution in [3.05, 3.63) is 30.1 Å². The number of oxime groups is 1.